The van der Waals surface area contributed by atoms with E-state index >= 15 is 0 Å². The quantitative estimate of drug-likeness (QED) is 0.0568. The van der Waals surface area contributed by atoms with Crippen molar-refractivity contribution < 1.29 is 99.5 Å². The molecule has 1 aliphatic heterocycles. The average Bonchev–Trinajstić information content (AvgIpc) is 3.06. The molecule has 0 aromatic heterocycles. The molecule has 2 rings (SSSR count). The van der Waals surface area contributed by atoms with Gasteiger partial charge in [-0.05, 0) is 42.7 Å². The summed E-state index contributed by atoms with van der Waals surface area (Å²) < 4.78 is 15.4. The fourth-order valence-electron chi connectivity index (χ4n) is 5.00. The van der Waals surface area contributed by atoms with Crippen molar-refractivity contribution in [3.05, 3.63) is 35.6 Å². The monoisotopic (exact) mass is 764 g/mol. The van der Waals surface area contributed by atoms with Crippen LogP contribution in [-0.2, 0) is 49.4 Å². The number of Topliss-reactive ketones (excluding diaryl/α,β-unsaturated/α-hetero) is 3. The maximum atomic E-state index is 13.6. The van der Waals surface area contributed by atoms with Crippen molar-refractivity contribution in [3.8, 4) is 5.75 Å². The van der Waals surface area contributed by atoms with Gasteiger partial charge in [-0.1, -0.05) is 46.2 Å². The van der Waals surface area contributed by atoms with Gasteiger partial charge in [0.05, 0.1) is 19.8 Å². The topological polar surface area (TPSA) is 224 Å². The fraction of sp³-hybridized carbons (Fsp3) is 0.636. The fourth-order valence-corrected chi connectivity index (χ4v) is 7.46. The number of ketones is 3. The van der Waals surface area contributed by atoms with Gasteiger partial charge < -0.3 is 46.2 Å². The molecule has 0 saturated carbocycles. The number of nitrogens with two attached hydrogens (primary N) is 1. The Morgan fingerprint density at radius 1 is 0.920 bits per heavy atom. The molecule has 14 nitrogen and oxygen atoms in total. The number of phenolic OH excluding ortho intramolecular Hbond substituents is 1. The molecule has 50 heavy (non-hydrogen) atoms. The number of carbonyl (C=O) groups excluding carboxylic acids is 6. The van der Waals surface area contributed by atoms with Gasteiger partial charge in [0.25, 0.3) is 0 Å². The molecule has 0 aliphatic carbocycles. The Bertz CT molecular complexity index is 1230. The molecule has 0 spiro atoms. The van der Waals surface area contributed by atoms with Crippen molar-refractivity contribution in [2.24, 2.45) is 23.5 Å². The minimum Gasteiger partial charge on any atom is -0.668 e. The van der Waals surface area contributed by atoms with Crippen molar-refractivity contribution in [2.75, 3.05) is 64.7 Å². The number of unbranched alkanes of at least 4 members (excludes halogenated alkanes) is 1. The first-order valence-electron chi connectivity index (χ1n) is 16.3. The second-order valence-electron chi connectivity index (χ2n) is 11.8. The van der Waals surface area contributed by atoms with Gasteiger partial charge in [-0.3, -0.25) is 24.0 Å². The van der Waals surface area contributed by atoms with Crippen LogP contribution < -0.4 is 67.8 Å². The first-order chi connectivity index (χ1) is 23.5. The van der Waals surface area contributed by atoms with E-state index in [2.05, 4.69) is 10.6 Å². The molecule has 274 valence electrons. The summed E-state index contributed by atoms with van der Waals surface area (Å²) in [6, 6.07) is 5.39. The molecular formula is C33H49KN4O10S2. The second-order valence-corrected chi connectivity index (χ2v) is 14.3. The van der Waals surface area contributed by atoms with Crippen molar-refractivity contribution in [3.63, 3.8) is 0 Å². The number of nitrogens with one attached hydrogen (secondary N) is 3. The van der Waals surface area contributed by atoms with Gasteiger partial charge in [-0.15, -0.1) is 0 Å². The number of amides is 3. The SMILES string of the molecule is COCC(=O)NCCOCCOCC(=O)NCCCC[C@H](CC(=O)[C@@H]1CSSC[C@H]([NH-])C(=O)C1)C(=O)C[C@@H](Cc1ccc(O)cc1)C(N)=O.[K+]. The Morgan fingerprint density at radius 2 is 1.58 bits per heavy atom. The van der Waals surface area contributed by atoms with E-state index in [0.29, 0.717) is 50.5 Å². The van der Waals surface area contributed by atoms with Gasteiger partial charge in [0.15, 0.2) is 0 Å². The summed E-state index contributed by atoms with van der Waals surface area (Å²) >= 11 is 0. The largest absolute Gasteiger partial charge is 1.00 e. The Morgan fingerprint density at radius 3 is 2.28 bits per heavy atom. The number of primary amides is 1. The van der Waals surface area contributed by atoms with E-state index in [1.54, 1.807) is 12.1 Å². The van der Waals surface area contributed by atoms with Crippen LogP contribution in [0.15, 0.2) is 24.3 Å². The van der Waals surface area contributed by atoms with E-state index in [-0.39, 0.29) is 138 Å². The van der Waals surface area contributed by atoms with Crippen LogP contribution >= 0.6 is 21.6 Å². The molecule has 17 heteroatoms. The second kappa shape index (κ2) is 27.3. The number of benzene rings is 1. The number of rotatable bonds is 24. The number of hydrogen-bond acceptors (Lipinski definition) is 12. The van der Waals surface area contributed by atoms with Crippen molar-refractivity contribution in [2.45, 2.75) is 51.0 Å². The molecule has 3 amide bonds. The zero-order valence-electron chi connectivity index (χ0n) is 28.9. The number of ether oxygens (including phenoxy) is 3. The number of phenols is 1. The van der Waals surface area contributed by atoms with E-state index in [4.69, 9.17) is 25.7 Å². The summed E-state index contributed by atoms with van der Waals surface area (Å²) in [4.78, 5) is 75.2. The van der Waals surface area contributed by atoms with E-state index in [1.165, 1.54) is 40.8 Å². The van der Waals surface area contributed by atoms with E-state index in [9.17, 15) is 33.9 Å². The van der Waals surface area contributed by atoms with Gasteiger partial charge in [0.2, 0.25) is 17.7 Å². The summed E-state index contributed by atoms with van der Waals surface area (Å²) in [7, 11) is 4.27. The molecule has 6 N–H and O–H groups in total. The Balaban J connectivity index is 0.0000125. The van der Waals surface area contributed by atoms with Crippen molar-refractivity contribution in [1.82, 2.24) is 10.6 Å². The molecule has 0 unspecified atom stereocenters. The molecular weight excluding hydrogens is 716 g/mol. The van der Waals surface area contributed by atoms with Crippen molar-refractivity contribution in [1.29, 1.82) is 0 Å². The third kappa shape index (κ3) is 20.0. The minimum atomic E-state index is -0.886. The minimum absolute atomic E-state index is 0. The molecule has 1 heterocycles. The van der Waals surface area contributed by atoms with Crippen LogP contribution in [0.2, 0.25) is 0 Å². The van der Waals surface area contributed by atoms with Gasteiger partial charge in [-0.2, -0.15) is 0 Å². The van der Waals surface area contributed by atoms with Gasteiger partial charge in [-0.25, -0.2) is 0 Å². The molecule has 0 bridgehead atoms. The summed E-state index contributed by atoms with van der Waals surface area (Å²) in [6.45, 7) is 1.23. The molecule has 4 atom stereocenters. The van der Waals surface area contributed by atoms with Crippen LogP contribution in [0.4, 0.5) is 0 Å². The third-order valence-electron chi connectivity index (χ3n) is 7.80. The van der Waals surface area contributed by atoms with Gasteiger partial charge in [0.1, 0.15) is 36.3 Å². The number of hydrogen-bond donors (Lipinski definition) is 4. The smallest absolute Gasteiger partial charge is 0.668 e. The Labute approximate surface area is 344 Å². The summed E-state index contributed by atoms with van der Waals surface area (Å²) in [6.07, 6.45) is 1.32. The standard InChI is InChI=1S/C33H49N4O10S2.K/c1-45-18-31(42)37-10-11-46-12-13-47-19-32(43)36-9-3-2-4-23(15-29(40)25-17-30(41)27(34)21-49-48-20-25)28(39)16-24(33(35)44)14-22-5-7-26(38)8-6-22;/h5-8,23-25,27,34,38H,2-4,9-21H2,1H3,(H2,35,44)(H,36,43)(H,37,42);/q-1;+1/t23-,24-,25+,27+;/m1./s1. The molecule has 1 aromatic rings. The van der Waals surface area contributed by atoms with Crippen LogP contribution in [0.3, 0.4) is 0 Å². The molecule has 1 fully saturated rings. The van der Waals surface area contributed by atoms with Crippen molar-refractivity contribution >= 4 is 56.7 Å². The molecule has 1 aromatic carbocycles. The van der Waals surface area contributed by atoms with Gasteiger partial charge >= 0.3 is 51.4 Å². The van der Waals surface area contributed by atoms with E-state index in [1.807, 2.05) is 0 Å². The average molecular weight is 765 g/mol. The molecule has 1 saturated heterocycles. The number of carbonyl (C=O) groups is 6. The van der Waals surface area contributed by atoms with E-state index < -0.39 is 29.7 Å². The van der Waals surface area contributed by atoms with Crippen LogP contribution in [0.1, 0.15) is 44.1 Å². The zero-order chi connectivity index (χ0) is 36.0. The van der Waals surface area contributed by atoms with Crippen LogP contribution in [0, 0.1) is 17.8 Å². The first kappa shape index (κ1) is 46.6. The van der Waals surface area contributed by atoms with Gasteiger partial charge in [0, 0.05) is 63.0 Å². The van der Waals surface area contributed by atoms with Crippen LogP contribution in [0.25, 0.3) is 5.73 Å². The predicted octanol–water partition coefficient (Wildman–Crippen LogP) is -0.952. The summed E-state index contributed by atoms with van der Waals surface area (Å²) in [5.41, 5.74) is 14.4. The Hall–Kier alpha value is -1.38. The Kier molecular flexibility index (Phi) is 25.4. The first-order valence-corrected chi connectivity index (χ1v) is 18.8. The molecule has 1 aliphatic rings. The summed E-state index contributed by atoms with van der Waals surface area (Å²) in [5, 5.41) is 15.0. The summed E-state index contributed by atoms with van der Waals surface area (Å²) in [5.74, 6) is -3.21. The maximum Gasteiger partial charge on any atom is 1.00 e. The normalized spacial score (nSPS) is 17.4. The third-order valence-corrected chi connectivity index (χ3v) is 10.3. The van der Waals surface area contributed by atoms with Crippen LogP contribution in [-0.4, -0.2) is 111 Å². The zero-order valence-corrected chi connectivity index (χ0v) is 33.7. The number of aromatic hydroxyl groups is 1. The van der Waals surface area contributed by atoms with E-state index in [0.717, 1.165) is 5.56 Å². The van der Waals surface area contributed by atoms with Crippen LogP contribution in [0.5, 0.6) is 5.75 Å². The number of methoxy groups -OCH3 is 1. The maximum absolute atomic E-state index is 13.6. The molecule has 0 radical (unpaired) electrons. The predicted molar refractivity (Wildman–Crippen MR) is 187 cm³/mol.